The number of rotatable bonds is 4. The van der Waals surface area contributed by atoms with E-state index in [1.54, 1.807) is 0 Å². The van der Waals surface area contributed by atoms with E-state index >= 15 is 0 Å². The quantitative estimate of drug-likeness (QED) is 0.796. The summed E-state index contributed by atoms with van der Waals surface area (Å²) >= 11 is 0. The van der Waals surface area contributed by atoms with Gasteiger partial charge in [0, 0.05) is 19.1 Å². The Balaban J connectivity index is 2.67. The lowest BCUT2D eigenvalue weighted by atomic mass is 9.97. The van der Waals surface area contributed by atoms with Crippen molar-refractivity contribution in [2.75, 3.05) is 27.2 Å². The van der Waals surface area contributed by atoms with Crippen molar-refractivity contribution >= 4 is 5.91 Å². The van der Waals surface area contributed by atoms with Gasteiger partial charge in [-0.2, -0.15) is 0 Å². The van der Waals surface area contributed by atoms with Crippen LogP contribution in [0.15, 0.2) is 0 Å². The summed E-state index contributed by atoms with van der Waals surface area (Å²) in [7, 11) is 4.11. The van der Waals surface area contributed by atoms with E-state index in [4.69, 9.17) is 5.73 Å². The molecule has 1 rings (SSSR count). The van der Waals surface area contributed by atoms with Crippen LogP contribution in [0.3, 0.4) is 0 Å². The molecule has 1 amide bonds. The number of likely N-dealkylation sites (N-methyl/N-ethyl adjacent to an activating group) is 1. The topological polar surface area (TPSA) is 49.6 Å². The van der Waals surface area contributed by atoms with Gasteiger partial charge in [0.05, 0.1) is 6.04 Å². The highest BCUT2D eigenvalue weighted by Gasteiger charge is 2.31. The summed E-state index contributed by atoms with van der Waals surface area (Å²) in [6.07, 6.45) is 3.44. The number of hydrogen-bond acceptors (Lipinski definition) is 3. The van der Waals surface area contributed by atoms with Gasteiger partial charge in [0.1, 0.15) is 0 Å². The zero-order valence-electron chi connectivity index (χ0n) is 11.6. The van der Waals surface area contributed by atoms with Crippen LogP contribution in [0.1, 0.15) is 33.1 Å². The smallest absolute Gasteiger partial charge is 0.240 e. The van der Waals surface area contributed by atoms with Gasteiger partial charge in [-0.15, -0.1) is 0 Å². The molecule has 0 radical (unpaired) electrons. The highest BCUT2D eigenvalue weighted by molar-refractivity contribution is 5.82. The molecule has 0 aromatic rings. The predicted molar refractivity (Wildman–Crippen MR) is 70.7 cm³/mol. The molecule has 1 heterocycles. The molecule has 1 aliphatic rings. The molecular weight excluding hydrogens is 214 g/mol. The number of likely N-dealkylation sites (tertiary alicyclic amines) is 1. The van der Waals surface area contributed by atoms with Gasteiger partial charge in [-0.1, -0.05) is 13.8 Å². The van der Waals surface area contributed by atoms with Crippen LogP contribution in [0.2, 0.25) is 0 Å². The van der Waals surface area contributed by atoms with E-state index in [2.05, 4.69) is 19.0 Å². The van der Waals surface area contributed by atoms with Crippen LogP contribution in [0.4, 0.5) is 0 Å². The van der Waals surface area contributed by atoms with Gasteiger partial charge in [0.25, 0.3) is 0 Å². The van der Waals surface area contributed by atoms with Crippen molar-refractivity contribution in [2.45, 2.75) is 45.2 Å². The van der Waals surface area contributed by atoms with Crippen molar-refractivity contribution in [3.63, 3.8) is 0 Å². The first-order valence-electron chi connectivity index (χ1n) is 6.64. The molecule has 0 bridgehead atoms. The minimum Gasteiger partial charge on any atom is -0.337 e. The summed E-state index contributed by atoms with van der Waals surface area (Å²) in [5.74, 6) is 0.344. The normalized spacial score (nSPS) is 23.2. The second-order valence-corrected chi connectivity index (χ2v) is 5.71. The van der Waals surface area contributed by atoms with Crippen molar-refractivity contribution in [3.8, 4) is 0 Å². The van der Waals surface area contributed by atoms with E-state index in [1.807, 2.05) is 18.7 Å². The maximum absolute atomic E-state index is 12.3. The maximum Gasteiger partial charge on any atom is 0.240 e. The number of piperidine rings is 1. The minimum absolute atomic E-state index is 0.131. The molecule has 0 saturated carbocycles. The zero-order valence-corrected chi connectivity index (χ0v) is 11.6. The molecule has 4 nitrogen and oxygen atoms in total. The summed E-state index contributed by atoms with van der Waals surface area (Å²) < 4.78 is 0. The lowest BCUT2D eigenvalue weighted by Gasteiger charge is -2.39. The van der Waals surface area contributed by atoms with E-state index in [-0.39, 0.29) is 17.9 Å². The molecule has 0 aliphatic carbocycles. The fourth-order valence-corrected chi connectivity index (χ4v) is 2.38. The Kier molecular flexibility index (Phi) is 5.40. The molecule has 2 N–H and O–H groups in total. The fourth-order valence-electron chi connectivity index (χ4n) is 2.38. The second-order valence-electron chi connectivity index (χ2n) is 5.71. The average Bonchev–Trinajstić information content (AvgIpc) is 2.27. The number of amides is 1. The number of carbonyl (C=O) groups is 1. The van der Waals surface area contributed by atoms with Crippen molar-refractivity contribution in [3.05, 3.63) is 0 Å². The van der Waals surface area contributed by atoms with E-state index in [1.165, 1.54) is 6.42 Å². The van der Waals surface area contributed by atoms with E-state index in [0.717, 1.165) is 25.9 Å². The largest absolute Gasteiger partial charge is 0.337 e. The van der Waals surface area contributed by atoms with Gasteiger partial charge in [0.15, 0.2) is 0 Å². The Morgan fingerprint density at radius 1 is 1.41 bits per heavy atom. The Morgan fingerprint density at radius 2 is 2.06 bits per heavy atom. The van der Waals surface area contributed by atoms with Crippen LogP contribution in [-0.2, 0) is 4.79 Å². The first-order chi connectivity index (χ1) is 7.93. The Labute approximate surface area is 105 Å². The second kappa shape index (κ2) is 6.36. The lowest BCUT2D eigenvalue weighted by molar-refractivity contribution is -0.137. The summed E-state index contributed by atoms with van der Waals surface area (Å²) in [6, 6.07) is -0.00573. The number of hydrogen-bond donors (Lipinski definition) is 1. The number of carbonyl (C=O) groups excluding carboxylic acids is 1. The van der Waals surface area contributed by atoms with Gasteiger partial charge in [-0.3, -0.25) is 4.79 Å². The molecule has 4 heteroatoms. The SMILES string of the molecule is CC(C)[C@H](N)C(=O)N1CCCC[C@@H]1CN(C)C. The van der Waals surface area contributed by atoms with Gasteiger partial charge >= 0.3 is 0 Å². The van der Waals surface area contributed by atoms with Crippen LogP contribution < -0.4 is 5.73 Å². The third-order valence-electron chi connectivity index (χ3n) is 3.49. The Hall–Kier alpha value is -0.610. The summed E-state index contributed by atoms with van der Waals surface area (Å²) in [5, 5.41) is 0. The molecule has 1 aliphatic heterocycles. The molecule has 100 valence electrons. The average molecular weight is 241 g/mol. The van der Waals surface area contributed by atoms with E-state index < -0.39 is 0 Å². The predicted octanol–water partition coefficient (Wildman–Crippen LogP) is 0.912. The molecule has 0 unspecified atom stereocenters. The van der Waals surface area contributed by atoms with Gasteiger partial charge in [-0.25, -0.2) is 0 Å². The summed E-state index contributed by atoms with van der Waals surface area (Å²) in [6.45, 7) is 5.83. The molecule has 0 aromatic heterocycles. The Bertz CT molecular complexity index is 253. The Morgan fingerprint density at radius 3 is 2.59 bits per heavy atom. The third-order valence-corrected chi connectivity index (χ3v) is 3.49. The van der Waals surface area contributed by atoms with Crippen molar-refractivity contribution < 1.29 is 4.79 Å². The standard InChI is InChI=1S/C13H27N3O/c1-10(2)12(14)13(17)16-8-6-5-7-11(16)9-15(3)4/h10-12H,5-9,14H2,1-4H3/t11-,12+/m1/s1. The number of nitrogens with two attached hydrogens (primary N) is 1. The number of nitrogens with zero attached hydrogens (tertiary/aromatic N) is 2. The summed E-state index contributed by atoms with van der Waals surface area (Å²) in [5.41, 5.74) is 5.98. The lowest BCUT2D eigenvalue weighted by Crippen LogP contribution is -2.54. The third kappa shape index (κ3) is 3.96. The van der Waals surface area contributed by atoms with Gasteiger partial charge in [-0.05, 0) is 39.3 Å². The minimum atomic E-state index is -0.349. The molecule has 0 aromatic carbocycles. The van der Waals surface area contributed by atoms with Crippen LogP contribution in [0, 0.1) is 5.92 Å². The molecule has 1 saturated heterocycles. The molecule has 2 atom stereocenters. The maximum atomic E-state index is 12.3. The van der Waals surface area contributed by atoms with Crippen LogP contribution in [0.25, 0.3) is 0 Å². The molecular formula is C13H27N3O. The van der Waals surface area contributed by atoms with Crippen molar-refractivity contribution in [1.82, 2.24) is 9.80 Å². The van der Waals surface area contributed by atoms with E-state index in [0.29, 0.717) is 6.04 Å². The first-order valence-corrected chi connectivity index (χ1v) is 6.64. The first kappa shape index (κ1) is 14.5. The molecule has 1 fully saturated rings. The van der Waals surface area contributed by atoms with E-state index in [9.17, 15) is 4.79 Å². The zero-order chi connectivity index (χ0) is 13.0. The van der Waals surface area contributed by atoms with Crippen molar-refractivity contribution in [2.24, 2.45) is 11.7 Å². The van der Waals surface area contributed by atoms with Crippen LogP contribution in [-0.4, -0.2) is 55.0 Å². The highest BCUT2D eigenvalue weighted by atomic mass is 16.2. The fraction of sp³-hybridized carbons (Fsp3) is 0.923. The van der Waals surface area contributed by atoms with Crippen LogP contribution in [0.5, 0.6) is 0 Å². The monoisotopic (exact) mass is 241 g/mol. The van der Waals surface area contributed by atoms with Gasteiger partial charge < -0.3 is 15.5 Å². The van der Waals surface area contributed by atoms with Crippen LogP contribution >= 0.6 is 0 Å². The summed E-state index contributed by atoms with van der Waals surface area (Å²) in [4.78, 5) is 16.5. The highest BCUT2D eigenvalue weighted by Crippen LogP contribution is 2.19. The molecule has 17 heavy (non-hydrogen) atoms. The van der Waals surface area contributed by atoms with Gasteiger partial charge in [0.2, 0.25) is 5.91 Å². The van der Waals surface area contributed by atoms with Crippen molar-refractivity contribution in [1.29, 1.82) is 0 Å². The molecule has 0 spiro atoms.